The molecule has 0 fully saturated rings. The Balaban J connectivity index is 0. The number of carbonyl (C=O) groups excluding carboxylic acids is 1. The standard InChI is InChI=1S/C7H15NO2.H2/c1-5(2)8-7(9)6(3)10-4;/h5-6H,1-4H3,(H,8,9);1H. The van der Waals surface area contributed by atoms with Crippen LogP contribution in [0.15, 0.2) is 0 Å². The Hall–Kier alpha value is -0.570. The van der Waals surface area contributed by atoms with Gasteiger partial charge in [0.1, 0.15) is 6.10 Å². The van der Waals surface area contributed by atoms with Gasteiger partial charge in [0.25, 0.3) is 0 Å². The quantitative estimate of drug-likeness (QED) is 0.641. The summed E-state index contributed by atoms with van der Waals surface area (Å²) < 4.78 is 4.80. The Labute approximate surface area is 63.2 Å². The van der Waals surface area contributed by atoms with Gasteiger partial charge in [0.2, 0.25) is 5.91 Å². The zero-order valence-electron chi connectivity index (χ0n) is 6.97. The molecule has 0 heterocycles. The molecule has 10 heavy (non-hydrogen) atoms. The lowest BCUT2D eigenvalue weighted by molar-refractivity contribution is -0.130. The fraction of sp³-hybridized carbons (Fsp3) is 0.857. The van der Waals surface area contributed by atoms with Crippen LogP contribution in [-0.2, 0) is 9.53 Å². The van der Waals surface area contributed by atoms with Gasteiger partial charge in [-0.05, 0) is 20.8 Å². The third-order valence-electron chi connectivity index (χ3n) is 1.15. The first-order valence-electron chi connectivity index (χ1n) is 3.41. The van der Waals surface area contributed by atoms with Crippen LogP contribution in [0.25, 0.3) is 0 Å². The Morgan fingerprint density at radius 1 is 1.50 bits per heavy atom. The average molecular weight is 147 g/mol. The van der Waals surface area contributed by atoms with Gasteiger partial charge in [-0.25, -0.2) is 0 Å². The minimum Gasteiger partial charge on any atom is -0.372 e. The van der Waals surface area contributed by atoms with Crippen molar-refractivity contribution in [1.82, 2.24) is 5.32 Å². The first-order valence-corrected chi connectivity index (χ1v) is 3.41. The number of methoxy groups -OCH3 is 1. The van der Waals surface area contributed by atoms with Crippen molar-refractivity contribution in [2.45, 2.75) is 32.9 Å². The summed E-state index contributed by atoms with van der Waals surface area (Å²) in [5.41, 5.74) is 0. The van der Waals surface area contributed by atoms with Crippen LogP contribution in [0.3, 0.4) is 0 Å². The summed E-state index contributed by atoms with van der Waals surface area (Å²) >= 11 is 0. The highest BCUT2D eigenvalue weighted by Gasteiger charge is 2.10. The van der Waals surface area contributed by atoms with Crippen LogP contribution in [-0.4, -0.2) is 25.2 Å². The van der Waals surface area contributed by atoms with Crippen molar-refractivity contribution in [3.63, 3.8) is 0 Å². The van der Waals surface area contributed by atoms with Crippen LogP contribution in [0.1, 0.15) is 22.2 Å². The van der Waals surface area contributed by atoms with Crippen LogP contribution in [0.4, 0.5) is 0 Å². The smallest absolute Gasteiger partial charge is 0.249 e. The van der Waals surface area contributed by atoms with Gasteiger partial charge in [-0.1, -0.05) is 0 Å². The lowest BCUT2D eigenvalue weighted by atomic mass is 10.3. The van der Waals surface area contributed by atoms with Crippen molar-refractivity contribution in [2.75, 3.05) is 7.11 Å². The van der Waals surface area contributed by atoms with Crippen LogP contribution >= 0.6 is 0 Å². The fourth-order valence-corrected chi connectivity index (χ4v) is 0.509. The first-order chi connectivity index (χ1) is 4.57. The van der Waals surface area contributed by atoms with E-state index < -0.39 is 0 Å². The molecule has 3 heteroatoms. The van der Waals surface area contributed by atoms with Crippen LogP contribution in [0, 0.1) is 0 Å². The molecule has 1 N–H and O–H groups in total. The average Bonchev–Trinajstić information content (AvgIpc) is 1.85. The normalized spacial score (nSPS) is 13.3. The largest absolute Gasteiger partial charge is 0.372 e. The molecule has 0 rings (SSSR count). The summed E-state index contributed by atoms with van der Waals surface area (Å²) in [5, 5.41) is 2.73. The molecule has 0 bridgehead atoms. The van der Waals surface area contributed by atoms with E-state index in [9.17, 15) is 4.79 Å². The second-order valence-electron chi connectivity index (χ2n) is 2.54. The SMILES string of the molecule is COC(C)C(=O)NC(C)C.[HH]. The van der Waals surface area contributed by atoms with Gasteiger partial charge in [-0.15, -0.1) is 0 Å². The zero-order valence-corrected chi connectivity index (χ0v) is 6.97. The Morgan fingerprint density at radius 3 is 2.30 bits per heavy atom. The van der Waals surface area contributed by atoms with Crippen molar-refractivity contribution in [2.24, 2.45) is 0 Å². The van der Waals surface area contributed by atoms with E-state index in [1.54, 1.807) is 6.92 Å². The summed E-state index contributed by atoms with van der Waals surface area (Å²) in [7, 11) is 1.52. The summed E-state index contributed by atoms with van der Waals surface area (Å²) in [6.07, 6.45) is -0.345. The van der Waals surface area contributed by atoms with Gasteiger partial charge in [-0.3, -0.25) is 4.79 Å². The number of carbonyl (C=O) groups is 1. The van der Waals surface area contributed by atoms with Crippen molar-refractivity contribution >= 4 is 5.91 Å². The van der Waals surface area contributed by atoms with Crippen molar-refractivity contribution < 1.29 is 11.0 Å². The van der Waals surface area contributed by atoms with Crippen molar-refractivity contribution in [1.29, 1.82) is 0 Å². The molecule has 3 nitrogen and oxygen atoms in total. The minimum atomic E-state index is -0.345. The topological polar surface area (TPSA) is 38.3 Å². The molecule has 62 valence electrons. The molecule has 0 aromatic carbocycles. The van der Waals surface area contributed by atoms with Gasteiger partial charge in [0.15, 0.2) is 0 Å². The molecular weight excluding hydrogens is 130 g/mol. The summed E-state index contributed by atoms with van der Waals surface area (Å²) in [6.45, 7) is 5.55. The maximum Gasteiger partial charge on any atom is 0.249 e. The highest BCUT2D eigenvalue weighted by atomic mass is 16.5. The van der Waals surface area contributed by atoms with Crippen LogP contribution < -0.4 is 5.32 Å². The second-order valence-corrected chi connectivity index (χ2v) is 2.54. The van der Waals surface area contributed by atoms with E-state index in [1.165, 1.54) is 7.11 Å². The molecule has 0 saturated carbocycles. The molecule has 0 saturated heterocycles. The van der Waals surface area contributed by atoms with Crippen LogP contribution in [0.5, 0.6) is 0 Å². The molecule has 0 aliphatic rings. The van der Waals surface area contributed by atoms with Gasteiger partial charge < -0.3 is 10.1 Å². The third-order valence-corrected chi connectivity index (χ3v) is 1.15. The van der Waals surface area contributed by atoms with Crippen molar-refractivity contribution in [3.05, 3.63) is 0 Å². The summed E-state index contributed by atoms with van der Waals surface area (Å²) in [4.78, 5) is 10.9. The van der Waals surface area contributed by atoms with Crippen molar-refractivity contribution in [3.8, 4) is 0 Å². The lowest BCUT2D eigenvalue weighted by Gasteiger charge is -2.12. The zero-order chi connectivity index (χ0) is 8.15. The van der Waals surface area contributed by atoms with E-state index in [1.807, 2.05) is 13.8 Å². The van der Waals surface area contributed by atoms with Crippen LogP contribution in [0.2, 0.25) is 0 Å². The van der Waals surface area contributed by atoms with E-state index >= 15 is 0 Å². The van der Waals surface area contributed by atoms with Gasteiger partial charge in [0, 0.05) is 14.6 Å². The molecule has 1 amide bonds. The monoisotopic (exact) mass is 147 g/mol. The number of ether oxygens (including phenoxy) is 1. The first kappa shape index (κ1) is 9.43. The van der Waals surface area contributed by atoms with Gasteiger partial charge in [0.05, 0.1) is 0 Å². The van der Waals surface area contributed by atoms with E-state index in [0.717, 1.165) is 0 Å². The Kier molecular flexibility index (Phi) is 4.03. The molecule has 0 aliphatic heterocycles. The highest BCUT2D eigenvalue weighted by molar-refractivity contribution is 5.80. The summed E-state index contributed by atoms with van der Waals surface area (Å²) in [6, 6.07) is 0.185. The molecule has 1 atom stereocenters. The predicted octanol–water partition coefficient (Wildman–Crippen LogP) is 0.792. The number of rotatable bonds is 3. The lowest BCUT2D eigenvalue weighted by Crippen LogP contribution is -2.38. The molecule has 0 aromatic heterocycles. The minimum absolute atomic E-state index is 0. The molecule has 0 radical (unpaired) electrons. The summed E-state index contributed by atoms with van der Waals surface area (Å²) in [5.74, 6) is -0.0579. The predicted molar refractivity (Wildman–Crippen MR) is 41.9 cm³/mol. The van der Waals surface area contributed by atoms with E-state index in [2.05, 4.69) is 5.32 Å². The van der Waals surface area contributed by atoms with E-state index in [-0.39, 0.29) is 19.5 Å². The molecule has 0 aromatic rings. The Morgan fingerprint density at radius 2 is 2.00 bits per heavy atom. The maximum atomic E-state index is 10.9. The van der Waals surface area contributed by atoms with Gasteiger partial charge >= 0.3 is 0 Å². The highest BCUT2D eigenvalue weighted by Crippen LogP contribution is 1.88. The number of nitrogens with one attached hydrogen (secondary N) is 1. The maximum absolute atomic E-state index is 10.9. The Bertz CT molecular complexity index is 117. The molecule has 1 unspecified atom stereocenters. The fourth-order valence-electron chi connectivity index (χ4n) is 0.509. The number of amides is 1. The van der Waals surface area contributed by atoms with E-state index in [4.69, 9.17) is 4.74 Å². The van der Waals surface area contributed by atoms with Gasteiger partial charge in [-0.2, -0.15) is 0 Å². The number of hydrogen-bond acceptors (Lipinski definition) is 2. The van der Waals surface area contributed by atoms with E-state index in [0.29, 0.717) is 0 Å². The third kappa shape index (κ3) is 3.45. The number of hydrogen-bond donors (Lipinski definition) is 1. The second kappa shape index (κ2) is 4.28. The molecule has 0 spiro atoms. The molecular formula is C7H17NO2. The molecule has 0 aliphatic carbocycles.